The van der Waals surface area contributed by atoms with Crippen LogP contribution < -0.4 is 11.1 Å². The van der Waals surface area contributed by atoms with Crippen LogP contribution in [0.4, 0.5) is 5.69 Å². The van der Waals surface area contributed by atoms with Crippen molar-refractivity contribution in [2.24, 2.45) is 5.73 Å². The zero-order chi connectivity index (χ0) is 13.0. The molecule has 0 saturated carbocycles. The fourth-order valence-corrected chi connectivity index (χ4v) is 1.71. The van der Waals surface area contributed by atoms with Crippen molar-refractivity contribution in [3.63, 3.8) is 0 Å². The molecule has 3 N–H and O–H groups in total. The lowest BCUT2D eigenvalue weighted by Gasteiger charge is -2.12. The molecule has 0 aliphatic heterocycles. The molecule has 1 rings (SSSR count). The van der Waals surface area contributed by atoms with Gasteiger partial charge in [-0.05, 0) is 18.2 Å². The van der Waals surface area contributed by atoms with Gasteiger partial charge in [0, 0.05) is 22.8 Å². The quantitative estimate of drug-likeness (QED) is 0.817. The summed E-state index contributed by atoms with van der Waals surface area (Å²) in [5.41, 5.74) is 5.34. The van der Waals surface area contributed by atoms with Crippen LogP contribution in [0.5, 0.6) is 0 Å². The molecule has 1 aromatic carbocycles. The lowest BCUT2D eigenvalue weighted by molar-refractivity contribution is -0.138. The number of anilines is 1. The molecule has 1 aromatic rings. The van der Waals surface area contributed by atoms with Crippen molar-refractivity contribution < 1.29 is 14.3 Å². The number of nitrogens with one attached hydrogen (secondary N) is 1. The molecule has 0 aliphatic rings. The summed E-state index contributed by atoms with van der Waals surface area (Å²) in [5.74, 6) is -1.56. The predicted molar refractivity (Wildman–Crippen MR) is 65.1 cm³/mol. The van der Waals surface area contributed by atoms with Crippen LogP contribution in [0.2, 0.25) is 10.0 Å². The zero-order valence-electron chi connectivity index (χ0n) is 8.87. The fourth-order valence-electron chi connectivity index (χ4n) is 1.19. The van der Waals surface area contributed by atoms with Crippen LogP contribution in [0.15, 0.2) is 18.2 Å². The Morgan fingerprint density at radius 3 is 2.24 bits per heavy atom. The Kier molecular flexibility index (Phi) is 4.74. The first kappa shape index (κ1) is 13.8. The highest BCUT2D eigenvalue weighted by Gasteiger charge is 2.23. The van der Waals surface area contributed by atoms with Gasteiger partial charge in [-0.2, -0.15) is 0 Å². The molecule has 0 bridgehead atoms. The second kappa shape index (κ2) is 5.86. The van der Waals surface area contributed by atoms with E-state index in [1.807, 2.05) is 0 Å². The second-order valence-corrected chi connectivity index (χ2v) is 4.04. The van der Waals surface area contributed by atoms with Crippen LogP contribution in [0.3, 0.4) is 0 Å². The summed E-state index contributed by atoms with van der Waals surface area (Å²) in [6.07, 6.45) is -1.35. The van der Waals surface area contributed by atoms with Gasteiger partial charge < -0.3 is 15.8 Å². The Morgan fingerprint density at radius 2 is 1.82 bits per heavy atom. The smallest absolute Gasteiger partial charge is 0.263 e. The summed E-state index contributed by atoms with van der Waals surface area (Å²) in [7, 11) is 1.21. The number of hydrogen-bond acceptors (Lipinski definition) is 3. The second-order valence-electron chi connectivity index (χ2n) is 3.17. The number of rotatable bonds is 4. The number of amides is 2. The standard InChI is InChI=1S/C10H10Cl2N2O3/c1-17-8(9(13)15)10(16)14-7-3-5(11)2-6(12)4-7/h2-4,8H,1H3,(H2,13,15)(H,14,16). The van der Waals surface area contributed by atoms with Gasteiger partial charge in [-0.3, -0.25) is 9.59 Å². The van der Waals surface area contributed by atoms with Gasteiger partial charge in [0.15, 0.2) is 0 Å². The van der Waals surface area contributed by atoms with Crippen LogP contribution >= 0.6 is 23.2 Å². The molecule has 0 radical (unpaired) electrons. The molecule has 0 aromatic heterocycles. The number of methoxy groups -OCH3 is 1. The Labute approximate surface area is 108 Å². The molecule has 7 heteroatoms. The summed E-state index contributed by atoms with van der Waals surface area (Å²) < 4.78 is 4.65. The topological polar surface area (TPSA) is 81.4 Å². The minimum atomic E-state index is -1.35. The molecule has 0 spiro atoms. The fraction of sp³-hybridized carbons (Fsp3) is 0.200. The van der Waals surface area contributed by atoms with Crippen molar-refractivity contribution in [2.45, 2.75) is 6.10 Å². The molecular weight excluding hydrogens is 267 g/mol. The summed E-state index contributed by atoms with van der Waals surface area (Å²) >= 11 is 11.5. The molecule has 0 heterocycles. The van der Waals surface area contributed by atoms with Gasteiger partial charge in [0.2, 0.25) is 6.10 Å². The van der Waals surface area contributed by atoms with E-state index in [2.05, 4.69) is 10.1 Å². The lowest BCUT2D eigenvalue weighted by atomic mass is 10.2. The Morgan fingerprint density at radius 1 is 1.29 bits per heavy atom. The van der Waals surface area contributed by atoms with Gasteiger partial charge >= 0.3 is 0 Å². The lowest BCUT2D eigenvalue weighted by Crippen LogP contribution is -2.40. The summed E-state index contributed by atoms with van der Waals surface area (Å²) in [5, 5.41) is 3.15. The first-order valence-corrected chi connectivity index (χ1v) is 5.28. The first-order valence-electron chi connectivity index (χ1n) is 4.53. The highest BCUT2D eigenvalue weighted by atomic mass is 35.5. The third-order valence-electron chi connectivity index (χ3n) is 1.86. The highest BCUT2D eigenvalue weighted by molar-refractivity contribution is 6.35. The highest BCUT2D eigenvalue weighted by Crippen LogP contribution is 2.22. The average Bonchev–Trinajstić information content (AvgIpc) is 2.15. The molecule has 1 atom stereocenters. The van der Waals surface area contributed by atoms with E-state index in [1.54, 1.807) is 0 Å². The number of primary amides is 1. The maximum absolute atomic E-state index is 11.6. The van der Waals surface area contributed by atoms with Gasteiger partial charge in [0.1, 0.15) is 0 Å². The molecule has 1 unspecified atom stereocenters. The van der Waals surface area contributed by atoms with Gasteiger partial charge in [-0.1, -0.05) is 23.2 Å². The minimum absolute atomic E-state index is 0.357. The first-order chi connectivity index (χ1) is 7.93. The van der Waals surface area contributed by atoms with Crippen LogP contribution in [0, 0.1) is 0 Å². The van der Waals surface area contributed by atoms with Crippen molar-refractivity contribution >= 4 is 40.7 Å². The van der Waals surface area contributed by atoms with Crippen molar-refractivity contribution in [3.05, 3.63) is 28.2 Å². The maximum atomic E-state index is 11.6. The molecule has 92 valence electrons. The van der Waals surface area contributed by atoms with Gasteiger partial charge in [0.25, 0.3) is 11.8 Å². The molecular formula is C10H10Cl2N2O3. The van der Waals surface area contributed by atoms with E-state index in [0.717, 1.165) is 0 Å². The SMILES string of the molecule is COC(C(N)=O)C(=O)Nc1cc(Cl)cc(Cl)c1. The summed E-state index contributed by atoms with van der Waals surface area (Å²) in [6.45, 7) is 0. The van der Waals surface area contributed by atoms with Crippen molar-refractivity contribution in [3.8, 4) is 0 Å². The number of carbonyl (C=O) groups is 2. The average molecular weight is 277 g/mol. The van der Waals surface area contributed by atoms with E-state index < -0.39 is 17.9 Å². The van der Waals surface area contributed by atoms with Crippen LogP contribution in [-0.4, -0.2) is 25.0 Å². The van der Waals surface area contributed by atoms with Crippen LogP contribution in [0.1, 0.15) is 0 Å². The number of ether oxygens (including phenoxy) is 1. The third kappa shape index (κ3) is 3.89. The number of halogens is 2. The van der Waals surface area contributed by atoms with Crippen molar-refractivity contribution in [1.29, 1.82) is 0 Å². The third-order valence-corrected chi connectivity index (χ3v) is 2.30. The Bertz CT molecular complexity index is 431. The number of nitrogens with two attached hydrogens (primary N) is 1. The number of carbonyl (C=O) groups excluding carboxylic acids is 2. The van der Waals surface area contributed by atoms with Crippen molar-refractivity contribution in [1.82, 2.24) is 0 Å². The Hall–Kier alpha value is -1.30. The molecule has 0 aliphatic carbocycles. The predicted octanol–water partition coefficient (Wildman–Crippen LogP) is 1.43. The van der Waals surface area contributed by atoms with E-state index in [9.17, 15) is 9.59 Å². The van der Waals surface area contributed by atoms with Gasteiger partial charge in [0.05, 0.1) is 0 Å². The number of benzene rings is 1. The van der Waals surface area contributed by atoms with E-state index in [0.29, 0.717) is 15.7 Å². The molecule has 0 fully saturated rings. The van der Waals surface area contributed by atoms with Gasteiger partial charge in [-0.15, -0.1) is 0 Å². The number of hydrogen-bond donors (Lipinski definition) is 2. The largest absolute Gasteiger partial charge is 0.367 e. The van der Waals surface area contributed by atoms with Crippen molar-refractivity contribution in [2.75, 3.05) is 12.4 Å². The Balaban J connectivity index is 2.83. The van der Waals surface area contributed by atoms with Crippen LogP contribution in [-0.2, 0) is 14.3 Å². The zero-order valence-corrected chi connectivity index (χ0v) is 10.4. The normalized spacial score (nSPS) is 11.9. The van der Waals surface area contributed by atoms with E-state index >= 15 is 0 Å². The van der Waals surface area contributed by atoms with Gasteiger partial charge in [-0.25, -0.2) is 0 Å². The summed E-state index contributed by atoms with van der Waals surface area (Å²) in [4.78, 5) is 22.5. The molecule has 2 amide bonds. The molecule has 5 nitrogen and oxygen atoms in total. The van der Waals surface area contributed by atoms with E-state index in [1.165, 1.54) is 25.3 Å². The molecule has 0 saturated heterocycles. The van der Waals surface area contributed by atoms with E-state index in [4.69, 9.17) is 28.9 Å². The van der Waals surface area contributed by atoms with Crippen LogP contribution in [0.25, 0.3) is 0 Å². The van der Waals surface area contributed by atoms with E-state index in [-0.39, 0.29) is 0 Å². The molecule has 17 heavy (non-hydrogen) atoms. The monoisotopic (exact) mass is 276 g/mol. The minimum Gasteiger partial charge on any atom is -0.367 e. The summed E-state index contributed by atoms with van der Waals surface area (Å²) in [6, 6.07) is 4.48. The maximum Gasteiger partial charge on any atom is 0.263 e.